The molecule has 7 heteroatoms. The summed E-state index contributed by atoms with van der Waals surface area (Å²) in [5.41, 5.74) is 3.02. The highest BCUT2D eigenvalue weighted by atomic mass is 19.1. The molecule has 0 spiro atoms. The molecule has 2 aromatic rings. The van der Waals surface area contributed by atoms with E-state index >= 15 is 0 Å². The molecular weight excluding hydrogens is 413 g/mol. The lowest BCUT2D eigenvalue weighted by atomic mass is 10.0. The van der Waals surface area contributed by atoms with Crippen LogP contribution in [0.3, 0.4) is 0 Å². The molecule has 1 unspecified atom stereocenters. The second-order valence-corrected chi connectivity index (χ2v) is 7.83. The Balaban J connectivity index is 2.14. The summed E-state index contributed by atoms with van der Waals surface area (Å²) in [4.78, 5) is 24.1. The summed E-state index contributed by atoms with van der Waals surface area (Å²) in [6.07, 6.45) is 0.647. The van der Waals surface area contributed by atoms with Crippen LogP contribution in [0.2, 0.25) is 0 Å². The van der Waals surface area contributed by atoms with Crippen LogP contribution in [0.1, 0.15) is 43.0 Å². The molecule has 2 rings (SSSR count). The number of carboxylic acids is 1. The van der Waals surface area contributed by atoms with Gasteiger partial charge in [0.1, 0.15) is 11.6 Å². The lowest BCUT2D eigenvalue weighted by Crippen LogP contribution is -2.29. The minimum Gasteiger partial charge on any atom is -0.496 e. The molecule has 0 bridgehead atoms. The van der Waals surface area contributed by atoms with Gasteiger partial charge in [-0.25, -0.2) is 9.18 Å². The summed E-state index contributed by atoms with van der Waals surface area (Å²) in [7, 11) is 1.53. The van der Waals surface area contributed by atoms with Crippen molar-refractivity contribution in [3.05, 3.63) is 70.0 Å². The zero-order chi connectivity index (χ0) is 23.8. The van der Waals surface area contributed by atoms with E-state index in [9.17, 15) is 19.1 Å². The average molecular weight is 444 g/mol. The van der Waals surface area contributed by atoms with Gasteiger partial charge in [-0.3, -0.25) is 4.79 Å². The number of carbonyl (C=O) groups is 2. The van der Waals surface area contributed by atoms with Crippen LogP contribution in [-0.4, -0.2) is 36.3 Å². The molecule has 172 valence electrons. The molecular formula is C25H30FNO5. The summed E-state index contributed by atoms with van der Waals surface area (Å²) in [5.74, 6) is -1.08. The van der Waals surface area contributed by atoms with Crippen molar-refractivity contribution in [3.8, 4) is 5.75 Å². The van der Waals surface area contributed by atoms with E-state index in [4.69, 9.17) is 9.47 Å². The zero-order valence-corrected chi connectivity index (χ0v) is 19.1. The van der Waals surface area contributed by atoms with Gasteiger partial charge in [-0.15, -0.1) is 0 Å². The first-order valence-corrected chi connectivity index (χ1v) is 10.4. The first-order valence-electron chi connectivity index (χ1n) is 10.4. The minimum absolute atomic E-state index is 0.186. The van der Waals surface area contributed by atoms with Crippen molar-refractivity contribution in [2.24, 2.45) is 0 Å². The SMILES string of the molecule is COc1ccc(CC(OC(C)C)C(=O)O)cc1CNC(=O)/C(C)=C/c1cccc(F)c1C. The highest BCUT2D eigenvalue weighted by molar-refractivity contribution is 5.97. The summed E-state index contributed by atoms with van der Waals surface area (Å²) in [5, 5.41) is 12.2. The molecule has 32 heavy (non-hydrogen) atoms. The van der Waals surface area contributed by atoms with Crippen molar-refractivity contribution in [3.63, 3.8) is 0 Å². The first-order chi connectivity index (χ1) is 15.1. The van der Waals surface area contributed by atoms with Gasteiger partial charge in [0, 0.05) is 24.1 Å². The van der Waals surface area contributed by atoms with Gasteiger partial charge in [0.05, 0.1) is 13.2 Å². The maximum absolute atomic E-state index is 13.7. The number of nitrogens with one attached hydrogen (secondary N) is 1. The molecule has 2 N–H and O–H groups in total. The van der Waals surface area contributed by atoms with Gasteiger partial charge >= 0.3 is 5.97 Å². The molecule has 1 atom stereocenters. The third kappa shape index (κ3) is 6.92. The van der Waals surface area contributed by atoms with E-state index in [0.717, 1.165) is 5.56 Å². The van der Waals surface area contributed by atoms with Gasteiger partial charge in [-0.05, 0) is 62.6 Å². The lowest BCUT2D eigenvalue weighted by molar-refractivity contribution is -0.153. The highest BCUT2D eigenvalue weighted by Crippen LogP contribution is 2.22. The van der Waals surface area contributed by atoms with E-state index in [2.05, 4.69) is 5.32 Å². The molecule has 0 aliphatic rings. The van der Waals surface area contributed by atoms with Crippen LogP contribution in [0, 0.1) is 12.7 Å². The molecule has 0 saturated carbocycles. The summed E-state index contributed by atoms with van der Waals surface area (Å²) in [6.45, 7) is 7.08. The number of carbonyl (C=O) groups excluding carboxylic acids is 1. The quantitative estimate of drug-likeness (QED) is 0.536. The maximum atomic E-state index is 13.7. The Labute approximate surface area is 188 Å². The Morgan fingerprint density at radius 2 is 1.94 bits per heavy atom. The van der Waals surface area contributed by atoms with Crippen LogP contribution in [0.5, 0.6) is 5.75 Å². The lowest BCUT2D eigenvalue weighted by Gasteiger charge is -2.18. The van der Waals surface area contributed by atoms with Crippen LogP contribution in [-0.2, 0) is 27.3 Å². The van der Waals surface area contributed by atoms with Crippen molar-refractivity contribution < 1.29 is 28.6 Å². The topological polar surface area (TPSA) is 84.9 Å². The van der Waals surface area contributed by atoms with Crippen LogP contribution in [0.4, 0.5) is 4.39 Å². The molecule has 0 aliphatic carbocycles. The van der Waals surface area contributed by atoms with Gasteiger partial charge in [-0.1, -0.05) is 24.3 Å². The molecule has 2 aromatic carbocycles. The second kappa shape index (κ2) is 11.4. The van der Waals surface area contributed by atoms with Crippen molar-refractivity contribution in [1.29, 1.82) is 0 Å². The second-order valence-electron chi connectivity index (χ2n) is 7.83. The zero-order valence-electron chi connectivity index (χ0n) is 19.1. The number of rotatable bonds is 10. The monoisotopic (exact) mass is 443 g/mol. The third-order valence-corrected chi connectivity index (χ3v) is 4.96. The fourth-order valence-corrected chi connectivity index (χ4v) is 3.23. The average Bonchev–Trinajstić information content (AvgIpc) is 2.74. The Morgan fingerprint density at radius 3 is 2.56 bits per heavy atom. The molecule has 0 fully saturated rings. The molecule has 0 heterocycles. The number of ether oxygens (including phenoxy) is 2. The minimum atomic E-state index is -1.03. The Kier molecular flexibility index (Phi) is 8.96. The van der Waals surface area contributed by atoms with E-state index < -0.39 is 12.1 Å². The van der Waals surface area contributed by atoms with Crippen molar-refractivity contribution in [2.45, 2.75) is 52.9 Å². The molecule has 1 amide bonds. The van der Waals surface area contributed by atoms with Crippen LogP contribution in [0.25, 0.3) is 6.08 Å². The van der Waals surface area contributed by atoms with E-state index in [-0.39, 0.29) is 30.8 Å². The molecule has 6 nitrogen and oxygen atoms in total. The van der Waals surface area contributed by atoms with Crippen molar-refractivity contribution >= 4 is 18.0 Å². The van der Waals surface area contributed by atoms with Gasteiger partial charge in [0.25, 0.3) is 0 Å². The maximum Gasteiger partial charge on any atom is 0.333 e. The third-order valence-electron chi connectivity index (χ3n) is 4.96. The van der Waals surface area contributed by atoms with Crippen LogP contribution >= 0.6 is 0 Å². The fraction of sp³-hybridized carbons (Fsp3) is 0.360. The number of amides is 1. The smallest absolute Gasteiger partial charge is 0.333 e. The van der Waals surface area contributed by atoms with E-state index in [1.807, 2.05) is 0 Å². The van der Waals surface area contributed by atoms with Gasteiger partial charge in [0.15, 0.2) is 6.10 Å². The van der Waals surface area contributed by atoms with E-state index in [1.54, 1.807) is 64.1 Å². The largest absolute Gasteiger partial charge is 0.496 e. The Morgan fingerprint density at radius 1 is 1.22 bits per heavy atom. The number of carboxylic acid groups (broad SMARTS) is 1. The molecule has 0 saturated heterocycles. The van der Waals surface area contributed by atoms with E-state index in [0.29, 0.717) is 28.0 Å². The van der Waals surface area contributed by atoms with Gasteiger partial charge in [0.2, 0.25) is 5.91 Å². The fourth-order valence-electron chi connectivity index (χ4n) is 3.23. The number of hydrogen-bond donors (Lipinski definition) is 2. The predicted octanol–water partition coefficient (Wildman–Crippen LogP) is 4.28. The standard InChI is InChI=1S/C25H30FNO5/c1-15(2)32-23(25(29)30)13-18-9-10-22(31-5)20(12-18)14-27-24(28)16(3)11-19-7-6-8-21(26)17(19)4/h6-12,15,23H,13-14H2,1-5H3,(H,27,28)(H,29,30)/b16-11+. The number of aliphatic carboxylic acids is 1. The summed E-state index contributed by atoms with van der Waals surface area (Å²) < 4.78 is 24.6. The Hall–Kier alpha value is -3.19. The van der Waals surface area contributed by atoms with Crippen molar-refractivity contribution in [2.75, 3.05) is 7.11 Å². The van der Waals surface area contributed by atoms with Crippen LogP contribution in [0.15, 0.2) is 42.0 Å². The van der Waals surface area contributed by atoms with Gasteiger partial charge in [-0.2, -0.15) is 0 Å². The number of benzene rings is 2. The summed E-state index contributed by atoms with van der Waals surface area (Å²) >= 11 is 0. The van der Waals surface area contributed by atoms with Crippen LogP contribution < -0.4 is 10.1 Å². The Bertz CT molecular complexity index is 1000. The molecule has 0 radical (unpaired) electrons. The predicted molar refractivity (Wildman–Crippen MR) is 121 cm³/mol. The number of methoxy groups -OCH3 is 1. The highest BCUT2D eigenvalue weighted by Gasteiger charge is 2.21. The number of hydrogen-bond acceptors (Lipinski definition) is 4. The van der Waals surface area contributed by atoms with Gasteiger partial charge < -0.3 is 19.9 Å². The van der Waals surface area contributed by atoms with Crippen molar-refractivity contribution in [1.82, 2.24) is 5.32 Å². The molecule has 0 aromatic heterocycles. The number of halogens is 1. The summed E-state index contributed by atoms with van der Waals surface area (Å²) in [6, 6.07) is 10.0. The first kappa shape index (κ1) is 25.1. The van der Waals surface area contributed by atoms with E-state index in [1.165, 1.54) is 13.2 Å². The normalized spacial score (nSPS) is 12.5. The molecule has 0 aliphatic heterocycles.